The van der Waals surface area contributed by atoms with Gasteiger partial charge in [0.15, 0.2) is 0 Å². The van der Waals surface area contributed by atoms with Gasteiger partial charge in [0.25, 0.3) is 5.91 Å². The van der Waals surface area contributed by atoms with Crippen LogP contribution in [0.15, 0.2) is 30.3 Å². The fourth-order valence-electron chi connectivity index (χ4n) is 1.65. The van der Waals surface area contributed by atoms with Gasteiger partial charge >= 0.3 is 0 Å². The van der Waals surface area contributed by atoms with Gasteiger partial charge in [-0.2, -0.15) is 0 Å². The third-order valence-corrected chi connectivity index (χ3v) is 3.45. The molecule has 0 saturated heterocycles. The number of hydrogen-bond acceptors (Lipinski definition) is 3. The van der Waals surface area contributed by atoms with Crippen LogP contribution in [-0.2, 0) is 0 Å². The number of benzene rings is 1. The smallest absolute Gasteiger partial charge is 0.275 e. The average molecular weight is 345 g/mol. The highest BCUT2D eigenvalue weighted by Crippen LogP contribution is 2.26. The molecule has 7 heteroatoms. The number of carbonyl (C=O) groups excluding carboxylic acids is 1. The lowest BCUT2D eigenvalue weighted by molar-refractivity contribution is 0.102. The van der Waals surface area contributed by atoms with Crippen molar-refractivity contribution in [2.24, 2.45) is 0 Å². The summed E-state index contributed by atoms with van der Waals surface area (Å²) < 4.78 is 0. The zero-order valence-corrected chi connectivity index (χ0v) is 13.4. The molecule has 2 N–H and O–H groups in total. The number of aromatic nitrogens is 1. The summed E-state index contributed by atoms with van der Waals surface area (Å²) in [6, 6.07) is 8.11. The molecule has 1 aromatic carbocycles. The molecule has 0 atom stereocenters. The summed E-state index contributed by atoms with van der Waals surface area (Å²) in [5.74, 6) is 0.137. The van der Waals surface area contributed by atoms with Crippen LogP contribution in [0.1, 0.15) is 17.4 Å². The Hall–Kier alpha value is -1.49. The predicted octanol–water partition coefficient (Wildman–Crippen LogP) is 4.73. The first-order valence-corrected chi connectivity index (χ1v) is 7.31. The predicted molar refractivity (Wildman–Crippen MR) is 87.8 cm³/mol. The number of pyridine rings is 1. The van der Waals surface area contributed by atoms with Gasteiger partial charge in [-0.25, -0.2) is 4.98 Å². The summed E-state index contributed by atoms with van der Waals surface area (Å²) in [4.78, 5) is 16.4. The topological polar surface area (TPSA) is 54.0 Å². The molecule has 0 fully saturated rings. The van der Waals surface area contributed by atoms with Crippen molar-refractivity contribution in [3.8, 4) is 0 Å². The largest absolute Gasteiger partial charge is 0.370 e. The van der Waals surface area contributed by atoms with Gasteiger partial charge in [0.2, 0.25) is 0 Å². The van der Waals surface area contributed by atoms with Crippen LogP contribution in [0.3, 0.4) is 0 Å². The van der Waals surface area contributed by atoms with Crippen molar-refractivity contribution >= 4 is 52.2 Å². The standard InChI is InChI=1S/C14H12Cl3N3O/c1-2-18-12-6-4-9(16)13(20-12)14(21)19-11-5-3-8(15)7-10(11)17/h3-7H,2H2,1H3,(H,18,20)(H,19,21). The Morgan fingerprint density at radius 2 is 1.90 bits per heavy atom. The lowest BCUT2D eigenvalue weighted by atomic mass is 10.3. The molecule has 4 nitrogen and oxygen atoms in total. The van der Waals surface area contributed by atoms with Gasteiger partial charge in [0, 0.05) is 11.6 Å². The molecule has 0 aliphatic heterocycles. The molecule has 110 valence electrons. The van der Waals surface area contributed by atoms with Crippen molar-refractivity contribution in [3.05, 3.63) is 51.1 Å². The second kappa shape index (κ2) is 6.98. The highest BCUT2D eigenvalue weighted by atomic mass is 35.5. The first-order valence-electron chi connectivity index (χ1n) is 6.18. The molecule has 0 bridgehead atoms. The van der Waals surface area contributed by atoms with E-state index in [1.165, 1.54) is 0 Å². The van der Waals surface area contributed by atoms with Gasteiger partial charge in [-0.1, -0.05) is 34.8 Å². The first-order chi connectivity index (χ1) is 10.0. The van der Waals surface area contributed by atoms with Crippen molar-refractivity contribution in [2.75, 3.05) is 17.2 Å². The van der Waals surface area contributed by atoms with Crippen LogP contribution in [-0.4, -0.2) is 17.4 Å². The highest BCUT2D eigenvalue weighted by molar-refractivity contribution is 6.37. The molecular formula is C14H12Cl3N3O. The Morgan fingerprint density at radius 1 is 1.14 bits per heavy atom. The zero-order chi connectivity index (χ0) is 15.4. The van der Waals surface area contributed by atoms with Crippen LogP contribution < -0.4 is 10.6 Å². The van der Waals surface area contributed by atoms with Crippen LogP contribution in [0, 0.1) is 0 Å². The molecule has 0 spiro atoms. The third-order valence-electron chi connectivity index (χ3n) is 2.60. The third kappa shape index (κ3) is 4.00. The highest BCUT2D eigenvalue weighted by Gasteiger charge is 2.15. The summed E-state index contributed by atoms with van der Waals surface area (Å²) >= 11 is 17.8. The summed E-state index contributed by atoms with van der Waals surface area (Å²) in [5, 5.41) is 6.77. The number of nitrogens with one attached hydrogen (secondary N) is 2. The van der Waals surface area contributed by atoms with Crippen molar-refractivity contribution in [3.63, 3.8) is 0 Å². The quantitative estimate of drug-likeness (QED) is 0.843. The Kier molecular flexibility index (Phi) is 5.28. The van der Waals surface area contributed by atoms with Crippen molar-refractivity contribution in [1.29, 1.82) is 0 Å². The SMILES string of the molecule is CCNc1ccc(Cl)c(C(=O)Nc2ccc(Cl)cc2Cl)n1. The van der Waals surface area contributed by atoms with E-state index in [0.29, 0.717) is 28.1 Å². The van der Waals surface area contributed by atoms with Crippen LogP contribution in [0.4, 0.5) is 11.5 Å². The van der Waals surface area contributed by atoms with E-state index in [0.717, 1.165) is 0 Å². The Balaban J connectivity index is 2.25. The maximum Gasteiger partial charge on any atom is 0.275 e. The maximum atomic E-state index is 12.3. The molecule has 21 heavy (non-hydrogen) atoms. The van der Waals surface area contributed by atoms with Crippen molar-refractivity contribution in [2.45, 2.75) is 6.92 Å². The minimum Gasteiger partial charge on any atom is -0.370 e. The van der Waals surface area contributed by atoms with Crippen LogP contribution in [0.25, 0.3) is 0 Å². The molecule has 2 aromatic rings. The molecular weight excluding hydrogens is 333 g/mol. The normalized spacial score (nSPS) is 10.3. The molecule has 2 rings (SSSR count). The molecule has 1 aromatic heterocycles. The number of amides is 1. The number of nitrogens with zero attached hydrogens (tertiary/aromatic N) is 1. The van der Waals surface area contributed by atoms with Gasteiger partial charge in [-0.15, -0.1) is 0 Å². The Morgan fingerprint density at radius 3 is 2.57 bits per heavy atom. The molecule has 0 aliphatic rings. The van der Waals surface area contributed by atoms with E-state index < -0.39 is 5.91 Å². The monoisotopic (exact) mass is 343 g/mol. The van der Waals surface area contributed by atoms with Crippen LogP contribution in [0.2, 0.25) is 15.1 Å². The average Bonchev–Trinajstić information content (AvgIpc) is 2.44. The summed E-state index contributed by atoms with van der Waals surface area (Å²) in [7, 11) is 0. The molecule has 1 amide bonds. The number of hydrogen-bond donors (Lipinski definition) is 2. The second-order valence-corrected chi connectivity index (χ2v) is 5.39. The summed E-state index contributed by atoms with van der Waals surface area (Å²) in [5.41, 5.74) is 0.568. The molecule has 0 unspecified atom stereocenters. The fraction of sp³-hybridized carbons (Fsp3) is 0.143. The van der Waals surface area contributed by atoms with E-state index >= 15 is 0 Å². The Labute approximate surface area is 137 Å². The maximum absolute atomic E-state index is 12.3. The van der Waals surface area contributed by atoms with Gasteiger partial charge < -0.3 is 10.6 Å². The van der Waals surface area contributed by atoms with Gasteiger partial charge in [-0.05, 0) is 37.3 Å². The van der Waals surface area contributed by atoms with E-state index in [2.05, 4.69) is 15.6 Å². The molecule has 0 aliphatic carbocycles. The van der Waals surface area contributed by atoms with Gasteiger partial charge in [-0.3, -0.25) is 4.79 Å². The number of carbonyl (C=O) groups is 1. The van der Waals surface area contributed by atoms with E-state index in [4.69, 9.17) is 34.8 Å². The first kappa shape index (κ1) is 15.9. The van der Waals surface area contributed by atoms with Crippen molar-refractivity contribution in [1.82, 2.24) is 4.98 Å². The minimum absolute atomic E-state index is 0.126. The number of anilines is 2. The fourth-order valence-corrected chi connectivity index (χ4v) is 2.30. The number of halogens is 3. The molecule has 0 saturated carbocycles. The number of rotatable bonds is 4. The zero-order valence-electron chi connectivity index (χ0n) is 11.1. The summed E-state index contributed by atoms with van der Waals surface area (Å²) in [6.45, 7) is 2.63. The van der Waals surface area contributed by atoms with Crippen molar-refractivity contribution < 1.29 is 4.79 Å². The van der Waals surface area contributed by atoms with Gasteiger partial charge in [0.05, 0.1) is 15.7 Å². The minimum atomic E-state index is -0.441. The summed E-state index contributed by atoms with van der Waals surface area (Å²) in [6.07, 6.45) is 0. The molecule has 0 radical (unpaired) electrons. The lowest BCUT2D eigenvalue weighted by Crippen LogP contribution is -2.15. The van der Waals surface area contributed by atoms with Crippen LogP contribution in [0.5, 0.6) is 0 Å². The van der Waals surface area contributed by atoms with E-state index in [-0.39, 0.29) is 10.7 Å². The van der Waals surface area contributed by atoms with Crippen LogP contribution >= 0.6 is 34.8 Å². The van der Waals surface area contributed by atoms with E-state index in [9.17, 15) is 4.79 Å². The van der Waals surface area contributed by atoms with Gasteiger partial charge in [0.1, 0.15) is 11.5 Å². The Bertz CT molecular complexity index is 677. The van der Waals surface area contributed by atoms with E-state index in [1.807, 2.05) is 6.92 Å². The molecule has 1 heterocycles. The second-order valence-electron chi connectivity index (χ2n) is 4.14. The lowest BCUT2D eigenvalue weighted by Gasteiger charge is -2.10. The van der Waals surface area contributed by atoms with E-state index in [1.54, 1.807) is 30.3 Å².